The van der Waals surface area contributed by atoms with Gasteiger partial charge in [-0.1, -0.05) is 29.8 Å². The van der Waals surface area contributed by atoms with Gasteiger partial charge >= 0.3 is 0 Å². The first-order valence-corrected chi connectivity index (χ1v) is 8.05. The molecule has 0 saturated carbocycles. The average molecular weight is 353 g/mol. The van der Waals surface area contributed by atoms with Crippen molar-refractivity contribution < 1.29 is 4.79 Å². The minimum absolute atomic E-state index is 0.269. The Morgan fingerprint density at radius 2 is 1.80 bits per heavy atom. The molecule has 4 N–H and O–H groups in total. The van der Waals surface area contributed by atoms with Crippen molar-refractivity contribution in [2.75, 3.05) is 0 Å². The van der Waals surface area contributed by atoms with Crippen LogP contribution in [-0.4, -0.2) is 16.9 Å². The molecule has 0 bridgehead atoms. The Kier molecular flexibility index (Phi) is 4.42. The van der Waals surface area contributed by atoms with Crippen LogP contribution in [0.4, 0.5) is 0 Å². The second-order valence-corrected chi connectivity index (χ2v) is 6.19. The van der Waals surface area contributed by atoms with Crippen LogP contribution in [0.25, 0.3) is 21.9 Å². The molecule has 3 rings (SSSR count). The molecule has 1 amide bonds. The Hall–Kier alpha value is -2.92. The lowest BCUT2D eigenvalue weighted by Gasteiger charge is -2.13. The number of nitrogens with two attached hydrogens (primary N) is 2. The fourth-order valence-corrected chi connectivity index (χ4v) is 3.10. The lowest BCUT2D eigenvalue weighted by atomic mass is 9.95. The summed E-state index contributed by atoms with van der Waals surface area (Å²) in [6, 6.07) is 13.0. The molecule has 5 nitrogen and oxygen atoms in total. The molecule has 0 aliphatic carbocycles. The second kappa shape index (κ2) is 6.53. The number of rotatable bonds is 2. The highest BCUT2D eigenvalue weighted by atomic mass is 35.5. The smallest absolute Gasteiger partial charge is 0.280 e. The SMILES string of the molecule is Cc1ccc(-c2c(Cl)ccc3ccc(C(=O)N=C(N)N)cc23)c(C)n1. The van der Waals surface area contributed by atoms with Gasteiger partial charge in [-0.2, -0.15) is 4.99 Å². The first-order chi connectivity index (χ1) is 11.9. The van der Waals surface area contributed by atoms with Gasteiger partial charge in [-0.3, -0.25) is 9.78 Å². The van der Waals surface area contributed by atoms with Gasteiger partial charge in [-0.05, 0) is 48.9 Å². The monoisotopic (exact) mass is 352 g/mol. The number of guanidine groups is 1. The Labute approximate surface area is 150 Å². The molecule has 1 heterocycles. The van der Waals surface area contributed by atoms with Crippen molar-refractivity contribution in [1.82, 2.24) is 4.98 Å². The van der Waals surface area contributed by atoms with Crippen molar-refractivity contribution in [3.8, 4) is 11.1 Å². The van der Waals surface area contributed by atoms with E-state index in [9.17, 15) is 4.79 Å². The summed E-state index contributed by atoms with van der Waals surface area (Å²) in [7, 11) is 0. The highest BCUT2D eigenvalue weighted by molar-refractivity contribution is 6.35. The van der Waals surface area contributed by atoms with Crippen molar-refractivity contribution in [2.24, 2.45) is 16.5 Å². The third kappa shape index (κ3) is 3.32. The van der Waals surface area contributed by atoms with Crippen LogP contribution in [0.3, 0.4) is 0 Å². The molecule has 2 aromatic carbocycles. The number of amides is 1. The Morgan fingerprint density at radius 3 is 2.48 bits per heavy atom. The molecule has 1 aromatic heterocycles. The van der Waals surface area contributed by atoms with Gasteiger partial charge in [0.25, 0.3) is 5.91 Å². The number of hydrogen-bond acceptors (Lipinski definition) is 2. The van der Waals surface area contributed by atoms with Crippen LogP contribution < -0.4 is 11.5 Å². The van der Waals surface area contributed by atoms with Crippen molar-refractivity contribution in [1.29, 1.82) is 0 Å². The van der Waals surface area contributed by atoms with Crippen LogP contribution >= 0.6 is 11.6 Å². The van der Waals surface area contributed by atoms with E-state index in [1.165, 1.54) is 0 Å². The number of carbonyl (C=O) groups is 1. The number of hydrogen-bond donors (Lipinski definition) is 2. The zero-order valence-electron chi connectivity index (χ0n) is 13.9. The summed E-state index contributed by atoms with van der Waals surface area (Å²) >= 11 is 6.49. The topological polar surface area (TPSA) is 94.4 Å². The molecule has 0 spiro atoms. The molecule has 0 radical (unpaired) electrons. The Morgan fingerprint density at radius 1 is 1.08 bits per heavy atom. The highest BCUT2D eigenvalue weighted by Gasteiger charge is 2.14. The van der Waals surface area contributed by atoms with Gasteiger partial charge in [0.1, 0.15) is 0 Å². The van der Waals surface area contributed by atoms with Gasteiger partial charge in [0, 0.05) is 33.1 Å². The number of aryl methyl sites for hydroxylation is 2. The second-order valence-electron chi connectivity index (χ2n) is 5.79. The maximum Gasteiger partial charge on any atom is 0.280 e. The number of aliphatic imine (C=N–C) groups is 1. The minimum atomic E-state index is -0.494. The quantitative estimate of drug-likeness (QED) is 0.544. The van der Waals surface area contributed by atoms with Gasteiger partial charge in [0.05, 0.1) is 0 Å². The standard InChI is InChI=1S/C19H17ClN4O/c1-10-3-7-14(11(2)23-10)17-15-9-13(18(25)24-19(21)22)5-4-12(15)6-8-16(17)20/h3-9H,1-2H3,(H4,21,22,24,25). The molecule has 0 fully saturated rings. The molecule has 0 unspecified atom stereocenters. The summed E-state index contributed by atoms with van der Waals surface area (Å²) in [5.41, 5.74) is 14.6. The van der Waals surface area contributed by atoms with Crippen molar-refractivity contribution >= 4 is 34.2 Å². The summed E-state index contributed by atoms with van der Waals surface area (Å²) in [5.74, 6) is -0.762. The predicted octanol–water partition coefficient (Wildman–Crippen LogP) is 3.59. The van der Waals surface area contributed by atoms with E-state index in [4.69, 9.17) is 23.1 Å². The van der Waals surface area contributed by atoms with Gasteiger partial charge in [0.15, 0.2) is 5.96 Å². The van der Waals surface area contributed by atoms with E-state index in [2.05, 4.69) is 9.98 Å². The fraction of sp³-hybridized carbons (Fsp3) is 0.105. The van der Waals surface area contributed by atoms with Gasteiger partial charge in [0.2, 0.25) is 0 Å². The number of aromatic nitrogens is 1. The lowest BCUT2D eigenvalue weighted by molar-refractivity contribution is 0.100. The minimum Gasteiger partial charge on any atom is -0.370 e. The normalized spacial score (nSPS) is 10.7. The molecule has 0 aliphatic rings. The number of fused-ring (bicyclic) bond motifs is 1. The zero-order chi connectivity index (χ0) is 18.1. The number of halogens is 1. The van der Waals surface area contributed by atoms with E-state index in [0.717, 1.165) is 33.3 Å². The van der Waals surface area contributed by atoms with Crippen molar-refractivity contribution in [3.05, 3.63) is 64.4 Å². The molecule has 0 saturated heterocycles. The first-order valence-electron chi connectivity index (χ1n) is 7.67. The summed E-state index contributed by atoms with van der Waals surface area (Å²) in [5, 5.41) is 2.39. The van der Waals surface area contributed by atoms with E-state index < -0.39 is 5.91 Å². The van der Waals surface area contributed by atoms with Gasteiger partial charge in [-0.25, -0.2) is 0 Å². The van der Waals surface area contributed by atoms with Crippen LogP contribution in [0, 0.1) is 13.8 Å². The number of nitrogens with zero attached hydrogens (tertiary/aromatic N) is 2. The van der Waals surface area contributed by atoms with Gasteiger partial charge < -0.3 is 11.5 Å². The zero-order valence-corrected chi connectivity index (χ0v) is 14.6. The number of carbonyl (C=O) groups excluding carboxylic acids is 1. The van der Waals surface area contributed by atoms with E-state index in [-0.39, 0.29) is 5.96 Å². The van der Waals surface area contributed by atoms with Crippen molar-refractivity contribution in [2.45, 2.75) is 13.8 Å². The number of pyridine rings is 1. The summed E-state index contributed by atoms with van der Waals surface area (Å²) in [6.45, 7) is 3.87. The lowest BCUT2D eigenvalue weighted by Crippen LogP contribution is -2.24. The maximum atomic E-state index is 12.2. The summed E-state index contributed by atoms with van der Waals surface area (Å²) < 4.78 is 0. The van der Waals surface area contributed by atoms with Crippen LogP contribution in [-0.2, 0) is 0 Å². The molecule has 6 heteroatoms. The van der Waals surface area contributed by atoms with Crippen LogP contribution in [0.1, 0.15) is 21.7 Å². The van der Waals surface area contributed by atoms with Crippen LogP contribution in [0.5, 0.6) is 0 Å². The molecule has 0 aliphatic heterocycles. The Bertz CT molecular complexity index is 1020. The average Bonchev–Trinajstić information content (AvgIpc) is 2.54. The van der Waals surface area contributed by atoms with Crippen LogP contribution in [0.2, 0.25) is 5.02 Å². The predicted molar refractivity (Wildman–Crippen MR) is 102 cm³/mol. The molecule has 25 heavy (non-hydrogen) atoms. The molecule has 126 valence electrons. The van der Waals surface area contributed by atoms with E-state index in [0.29, 0.717) is 10.6 Å². The van der Waals surface area contributed by atoms with E-state index in [1.54, 1.807) is 12.1 Å². The largest absolute Gasteiger partial charge is 0.370 e. The first kappa shape index (κ1) is 16.9. The summed E-state index contributed by atoms with van der Waals surface area (Å²) in [6.07, 6.45) is 0. The van der Waals surface area contributed by atoms with Crippen molar-refractivity contribution in [3.63, 3.8) is 0 Å². The molecular formula is C19H17ClN4O. The molecule has 0 atom stereocenters. The van der Waals surface area contributed by atoms with Gasteiger partial charge in [-0.15, -0.1) is 0 Å². The fourth-order valence-electron chi connectivity index (χ4n) is 2.83. The number of benzene rings is 2. The van der Waals surface area contributed by atoms with Crippen LogP contribution in [0.15, 0.2) is 47.5 Å². The van der Waals surface area contributed by atoms with E-state index in [1.807, 2.05) is 44.2 Å². The Balaban J connectivity index is 2.28. The third-order valence-electron chi connectivity index (χ3n) is 3.94. The molecular weight excluding hydrogens is 336 g/mol. The highest BCUT2D eigenvalue weighted by Crippen LogP contribution is 2.37. The molecule has 3 aromatic rings. The summed E-state index contributed by atoms with van der Waals surface area (Å²) in [4.78, 5) is 20.3. The maximum absolute atomic E-state index is 12.2. The van der Waals surface area contributed by atoms with E-state index >= 15 is 0 Å². The third-order valence-corrected chi connectivity index (χ3v) is 4.26.